The molecule has 24 heavy (non-hydrogen) atoms. The molecule has 0 saturated carbocycles. The maximum Gasteiger partial charge on any atom is 0.408 e. The number of carboxylic acid groups (broad SMARTS) is 1. The van der Waals surface area contributed by atoms with Crippen molar-refractivity contribution in [1.82, 2.24) is 10.6 Å². The molecule has 0 unspecified atom stereocenters. The first-order valence-corrected chi connectivity index (χ1v) is 7.62. The van der Waals surface area contributed by atoms with Crippen LogP contribution < -0.4 is 16.4 Å². The molecule has 0 radical (unpaired) electrons. The van der Waals surface area contributed by atoms with Crippen molar-refractivity contribution >= 4 is 23.9 Å². The Balaban J connectivity index is 5.01. The van der Waals surface area contributed by atoms with Gasteiger partial charge < -0.3 is 26.2 Å². The van der Waals surface area contributed by atoms with E-state index in [1.807, 2.05) is 13.8 Å². The molecule has 3 amide bonds. The van der Waals surface area contributed by atoms with E-state index in [9.17, 15) is 19.2 Å². The van der Waals surface area contributed by atoms with E-state index in [4.69, 9.17) is 15.6 Å². The Labute approximate surface area is 141 Å². The van der Waals surface area contributed by atoms with Crippen molar-refractivity contribution < 1.29 is 29.0 Å². The lowest BCUT2D eigenvalue weighted by Gasteiger charge is -2.25. The minimum atomic E-state index is -1.36. The summed E-state index contributed by atoms with van der Waals surface area (Å²) < 4.78 is 5.10. The molecule has 0 fully saturated rings. The summed E-state index contributed by atoms with van der Waals surface area (Å²) in [6, 6.07) is -2.33. The minimum Gasteiger partial charge on any atom is -0.481 e. The Morgan fingerprint density at radius 3 is 2.00 bits per heavy atom. The van der Waals surface area contributed by atoms with Gasteiger partial charge in [-0.05, 0) is 33.1 Å². The molecule has 9 heteroatoms. The zero-order valence-electron chi connectivity index (χ0n) is 14.7. The van der Waals surface area contributed by atoms with Crippen molar-refractivity contribution in [2.24, 2.45) is 11.7 Å². The molecule has 0 heterocycles. The number of carbonyl (C=O) groups is 4. The average Bonchev–Trinajstić information content (AvgIpc) is 2.33. The van der Waals surface area contributed by atoms with Crippen LogP contribution in [0.5, 0.6) is 0 Å². The molecule has 0 rings (SSSR count). The van der Waals surface area contributed by atoms with E-state index in [2.05, 4.69) is 10.6 Å². The molecule has 5 N–H and O–H groups in total. The molecule has 0 aromatic heterocycles. The Morgan fingerprint density at radius 2 is 1.62 bits per heavy atom. The van der Waals surface area contributed by atoms with Crippen LogP contribution in [0.1, 0.15) is 47.5 Å². The number of alkyl carbamates (subject to hydrolysis) is 1. The molecule has 0 aliphatic rings. The van der Waals surface area contributed by atoms with Crippen molar-refractivity contribution in [2.75, 3.05) is 0 Å². The van der Waals surface area contributed by atoms with Gasteiger partial charge in [-0.3, -0.25) is 14.4 Å². The van der Waals surface area contributed by atoms with Gasteiger partial charge in [0, 0.05) is 0 Å². The van der Waals surface area contributed by atoms with Crippen LogP contribution in [0.4, 0.5) is 4.79 Å². The Morgan fingerprint density at radius 1 is 1.08 bits per heavy atom. The highest BCUT2D eigenvalue weighted by atomic mass is 16.6. The number of carbonyl (C=O) groups excluding carboxylic acids is 3. The molecule has 0 aliphatic heterocycles. The number of hydrogen-bond acceptors (Lipinski definition) is 5. The minimum absolute atomic E-state index is 0.0576. The van der Waals surface area contributed by atoms with Gasteiger partial charge in [-0.15, -0.1) is 0 Å². The van der Waals surface area contributed by atoms with Gasteiger partial charge in [0.25, 0.3) is 0 Å². The average molecular weight is 345 g/mol. The second-order valence-electron chi connectivity index (χ2n) is 6.89. The second kappa shape index (κ2) is 9.09. The third kappa shape index (κ3) is 9.65. The smallest absolute Gasteiger partial charge is 0.408 e. The van der Waals surface area contributed by atoms with E-state index >= 15 is 0 Å². The van der Waals surface area contributed by atoms with Crippen molar-refractivity contribution in [2.45, 2.75) is 65.1 Å². The molecule has 0 bridgehead atoms. The fraction of sp³-hybridized carbons (Fsp3) is 0.733. The quantitative estimate of drug-likeness (QED) is 0.499. The molecular weight excluding hydrogens is 318 g/mol. The molecule has 0 aromatic rings. The summed E-state index contributed by atoms with van der Waals surface area (Å²) in [5.74, 6) is -2.88. The van der Waals surface area contributed by atoms with Crippen molar-refractivity contribution in [3.05, 3.63) is 0 Å². The number of rotatable bonds is 8. The Hall–Kier alpha value is -2.32. The highest BCUT2D eigenvalue weighted by Gasteiger charge is 2.29. The molecule has 2 atom stereocenters. The molecule has 0 saturated heterocycles. The normalized spacial score (nSPS) is 13.8. The number of aliphatic carboxylic acids is 1. The largest absolute Gasteiger partial charge is 0.481 e. The van der Waals surface area contributed by atoms with Gasteiger partial charge in [-0.2, -0.15) is 0 Å². The van der Waals surface area contributed by atoms with Crippen LogP contribution in [0.15, 0.2) is 0 Å². The summed E-state index contributed by atoms with van der Waals surface area (Å²) in [7, 11) is 0. The number of ether oxygens (including phenoxy) is 1. The highest BCUT2D eigenvalue weighted by Crippen LogP contribution is 2.10. The predicted octanol–water partition coefficient (Wildman–Crippen LogP) is 0.371. The molecule has 0 aromatic carbocycles. The number of carboxylic acids is 1. The third-order valence-corrected chi connectivity index (χ3v) is 2.75. The predicted molar refractivity (Wildman–Crippen MR) is 86.0 cm³/mol. The van der Waals surface area contributed by atoms with Gasteiger partial charge in [0.1, 0.15) is 17.7 Å². The second-order valence-corrected chi connectivity index (χ2v) is 6.89. The van der Waals surface area contributed by atoms with E-state index in [0.29, 0.717) is 0 Å². The standard InChI is InChI=1S/C15H27N3O6/c1-8(2)6-10(18-14(23)24-15(3,4)5)13(22)17-9(12(16)21)7-11(19)20/h8-10H,6-7H2,1-5H3,(H2,16,21)(H,17,22)(H,18,23)(H,19,20)/t9-,10-/m0/s1. The van der Waals surface area contributed by atoms with E-state index in [-0.39, 0.29) is 12.3 Å². The lowest BCUT2D eigenvalue weighted by atomic mass is 10.0. The molecule has 0 spiro atoms. The molecular formula is C15H27N3O6. The summed E-state index contributed by atoms with van der Waals surface area (Å²) in [6.07, 6.45) is -1.14. The SMILES string of the molecule is CC(C)C[C@H](NC(=O)OC(C)(C)C)C(=O)N[C@@H](CC(=O)O)C(N)=O. The highest BCUT2D eigenvalue weighted by molar-refractivity contribution is 5.92. The number of primary amides is 1. The number of amides is 3. The van der Waals surface area contributed by atoms with Crippen LogP contribution in [0, 0.1) is 5.92 Å². The first-order chi connectivity index (χ1) is 10.8. The molecule has 9 nitrogen and oxygen atoms in total. The van der Waals surface area contributed by atoms with Crippen molar-refractivity contribution in [3.63, 3.8) is 0 Å². The van der Waals surface area contributed by atoms with Gasteiger partial charge in [-0.25, -0.2) is 4.79 Å². The van der Waals surface area contributed by atoms with Gasteiger partial charge in [0.2, 0.25) is 11.8 Å². The molecule has 0 aliphatic carbocycles. The van der Waals surface area contributed by atoms with Crippen molar-refractivity contribution in [3.8, 4) is 0 Å². The summed E-state index contributed by atoms with van der Waals surface area (Å²) in [6.45, 7) is 8.74. The van der Waals surface area contributed by atoms with E-state index < -0.39 is 48.0 Å². The zero-order chi connectivity index (χ0) is 19.1. The summed E-state index contributed by atoms with van der Waals surface area (Å²) in [4.78, 5) is 46.1. The van der Waals surface area contributed by atoms with Crippen LogP contribution >= 0.6 is 0 Å². The number of hydrogen-bond donors (Lipinski definition) is 4. The lowest BCUT2D eigenvalue weighted by molar-refractivity contribution is -0.140. The van der Waals surface area contributed by atoms with Crippen LogP contribution in [0.3, 0.4) is 0 Å². The fourth-order valence-corrected chi connectivity index (χ4v) is 1.82. The van der Waals surface area contributed by atoms with Crippen LogP contribution in [-0.2, 0) is 19.1 Å². The number of nitrogens with two attached hydrogens (primary N) is 1. The number of nitrogens with one attached hydrogen (secondary N) is 2. The maximum absolute atomic E-state index is 12.3. The lowest BCUT2D eigenvalue weighted by Crippen LogP contribution is -2.54. The van der Waals surface area contributed by atoms with E-state index in [1.54, 1.807) is 20.8 Å². The first kappa shape index (κ1) is 21.7. The van der Waals surface area contributed by atoms with Gasteiger partial charge in [-0.1, -0.05) is 13.8 Å². The van der Waals surface area contributed by atoms with Crippen molar-refractivity contribution in [1.29, 1.82) is 0 Å². The van der Waals surface area contributed by atoms with E-state index in [1.165, 1.54) is 0 Å². The molecule has 138 valence electrons. The van der Waals surface area contributed by atoms with Gasteiger partial charge in [0.05, 0.1) is 6.42 Å². The van der Waals surface area contributed by atoms with Gasteiger partial charge in [0.15, 0.2) is 0 Å². The monoisotopic (exact) mass is 345 g/mol. The summed E-state index contributed by atoms with van der Waals surface area (Å²) in [5.41, 5.74) is 4.36. The fourth-order valence-electron chi connectivity index (χ4n) is 1.82. The maximum atomic E-state index is 12.3. The van der Waals surface area contributed by atoms with E-state index in [0.717, 1.165) is 0 Å². The van der Waals surface area contributed by atoms with Gasteiger partial charge >= 0.3 is 12.1 Å². The van der Waals surface area contributed by atoms with Crippen LogP contribution in [-0.4, -0.2) is 46.7 Å². The Bertz CT molecular complexity index is 484. The zero-order valence-corrected chi connectivity index (χ0v) is 14.7. The first-order valence-electron chi connectivity index (χ1n) is 7.62. The topological polar surface area (TPSA) is 148 Å². The van der Waals surface area contributed by atoms with Crippen LogP contribution in [0.25, 0.3) is 0 Å². The Kier molecular flexibility index (Phi) is 8.21. The third-order valence-electron chi connectivity index (χ3n) is 2.75. The van der Waals surface area contributed by atoms with Crippen LogP contribution in [0.2, 0.25) is 0 Å². The summed E-state index contributed by atoms with van der Waals surface area (Å²) in [5, 5.41) is 13.4. The summed E-state index contributed by atoms with van der Waals surface area (Å²) >= 11 is 0.